The first-order chi connectivity index (χ1) is 13.6. The van der Waals surface area contributed by atoms with Gasteiger partial charge in [-0.2, -0.15) is 0 Å². The number of carbonyl (C=O) groups excluding carboxylic acids is 1. The molecular weight excluding hydrogens is 458 g/mol. The standard InChI is InChI=1S/C20H14BrN3O2S2/c21-13-6-8-14(9-7-13)22-17(25)12-28-20-23-16-10-11-27-18(16)19(26)24(20)15-4-2-1-3-5-15/h1-11H,12H2,(H,22,25). The summed E-state index contributed by atoms with van der Waals surface area (Å²) in [6, 6.07) is 18.5. The quantitative estimate of drug-likeness (QED) is 0.330. The number of nitrogens with one attached hydrogen (secondary N) is 1. The van der Waals surface area contributed by atoms with Gasteiger partial charge in [0.25, 0.3) is 5.56 Å². The molecule has 0 aliphatic carbocycles. The Morgan fingerprint density at radius 2 is 1.86 bits per heavy atom. The number of thioether (sulfide) groups is 1. The summed E-state index contributed by atoms with van der Waals surface area (Å²) in [5.74, 6) is -0.0167. The molecule has 0 aliphatic heterocycles. The number of carbonyl (C=O) groups is 1. The van der Waals surface area contributed by atoms with E-state index in [0.717, 1.165) is 15.8 Å². The van der Waals surface area contributed by atoms with Crippen molar-refractivity contribution < 1.29 is 4.79 Å². The van der Waals surface area contributed by atoms with Crippen molar-refractivity contribution in [2.24, 2.45) is 0 Å². The maximum absolute atomic E-state index is 13.0. The van der Waals surface area contributed by atoms with Crippen LogP contribution in [0.3, 0.4) is 0 Å². The number of hydrogen-bond donors (Lipinski definition) is 1. The van der Waals surface area contributed by atoms with E-state index in [1.165, 1.54) is 23.1 Å². The first kappa shape index (κ1) is 18.9. The van der Waals surface area contributed by atoms with Crippen LogP contribution >= 0.6 is 39.0 Å². The van der Waals surface area contributed by atoms with E-state index in [-0.39, 0.29) is 17.2 Å². The Kier molecular flexibility index (Phi) is 5.61. The van der Waals surface area contributed by atoms with Crippen molar-refractivity contribution in [3.63, 3.8) is 0 Å². The van der Waals surface area contributed by atoms with Gasteiger partial charge in [0.05, 0.1) is 17.0 Å². The Labute approximate surface area is 177 Å². The molecule has 4 aromatic rings. The van der Waals surface area contributed by atoms with Crippen LogP contribution in [-0.4, -0.2) is 21.2 Å². The lowest BCUT2D eigenvalue weighted by Crippen LogP contribution is -2.22. The third-order valence-electron chi connectivity index (χ3n) is 3.92. The fourth-order valence-electron chi connectivity index (χ4n) is 2.65. The summed E-state index contributed by atoms with van der Waals surface area (Å²) >= 11 is 5.98. The third kappa shape index (κ3) is 4.04. The highest BCUT2D eigenvalue weighted by Gasteiger charge is 2.15. The second-order valence-electron chi connectivity index (χ2n) is 5.85. The van der Waals surface area contributed by atoms with Gasteiger partial charge in [-0.25, -0.2) is 4.98 Å². The number of hydrogen-bond acceptors (Lipinski definition) is 5. The fraction of sp³-hybridized carbons (Fsp3) is 0.0500. The topological polar surface area (TPSA) is 64.0 Å². The van der Waals surface area contributed by atoms with Crippen molar-refractivity contribution in [1.82, 2.24) is 9.55 Å². The zero-order valence-corrected chi connectivity index (χ0v) is 17.7. The lowest BCUT2D eigenvalue weighted by atomic mass is 10.3. The second-order valence-corrected chi connectivity index (χ2v) is 8.62. The number of para-hydroxylation sites is 1. The minimum atomic E-state index is -0.161. The van der Waals surface area contributed by atoms with Crippen molar-refractivity contribution in [3.8, 4) is 5.69 Å². The van der Waals surface area contributed by atoms with Gasteiger partial charge in [0.2, 0.25) is 5.91 Å². The zero-order valence-electron chi connectivity index (χ0n) is 14.5. The molecule has 0 aliphatic rings. The molecule has 0 saturated heterocycles. The number of fused-ring (bicyclic) bond motifs is 1. The fourth-order valence-corrected chi connectivity index (χ4v) is 4.49. The average molecular weight is 472 g/mol. The number of amides is 1. The van der Waals surface area contributed by atoms with E-state index >= 15 is 0 Å². The molecule has 0 fully saturated rings. The van der Waals surface area contributed by atoms with Gasteiger partial charge in [0.1, 0.15) is 4.70 Å². The van der Waals surface area contributed by atoms with Crippen molar-refractivity contribution in [1.29, 1.82) is 0 Å². The first-order valence-corrected chi connectivity index (χ1v) is 11.0. The number of benzene rings is 2. The molecule has 28 heavy (non-hydrogen) atoms. The Morgan fingerprint density at radius 1 is 1.11 bits per heavy atom. The molecule has 0 spiro atoms. The summed E-state index contributed by atoms with van der Waals surface area (Å²) in [6.45, 7) is 0. The van der Waals surface area contributed by atoms with Gasteiger partial charge in [-0.3, -0.25) is 14.2 Å². The van der Waals surface area contributed by atoms with Gasteiger partial charge in [0, 0.05) is 10.2 Å². The number of nitrogens with zero attached hydrogens (tertiary/aromatic N) is 2. The van der Waals surface area contributed by atoms with E-state index < -0.39 is 0 Å². The van der Waals surface area contributed by atoms with E-state index in [4.69, 9.17) is 0 Å². The van der Waals surface area contributed by atoms with Gasteiger partial charge >= 0.3 is 0 Å². The predicted octanol–water partition coefficient (Wildman–Crippen LogP) is 4.94. The molecular formula is C20H14BrN3O2S2. The zero-order chi connectivity index (χ0) is 19.5. The summed E-state index contributed by atoms with van der Waals surface area (Å²) in [6.07, 6.45) is 0. The number of halogens is 1. The monoisotopic (exact) mass is 471 g/mol. The predicted molar refractivity (Wildman–Crippen MR) is 119 cm³/mol. The molecule has 4 rings (SSSR count). The molecule has 140 valence electrons. The normalized spacial score (nSPS) is 10.9. The van der Waals surface area contributed by atoms with E-state index in [1.54, 1.807) is 4.57 Å². The number of aromatic nitrogens is 2. The molecule has 0 atom stereocenters. The smallest absolute Gasteiger partial charge is 0.276 e. The molecule has 1 N–H and O–H groups in total. The maximum atomic E-state index is 13.0. The molecule has 1 amide bonds. The van der Waals surface area contributed by atoms with Gasteiger partial charge in [0.15, 0.2) is 5.16 Å². The molecule has 2 heterocycles. The minimum absolute atomic E-state index is 0.123. The number of anilines is 1. The third-order valence-corrected chi connectivity index (χ3v) is 6.28. The van der Waals surface area contributed by atoms with Crippen molar-refractivity contribution in [2.75, 3.05) is 11.1 Å². The Bertz CT molecular complexity index is 1190. The van der Waals surface area contributed by atoms with E-state index in [1.807, 2.05) is 66.0 Å². The Balaban J connectivity index is 1.61. The van der Waals surface area contributed by atoms with Crippen LogP contribution in [-0.2, 0) is 4.79 Å². The molecule has 2 aromatic heterocycles. The van der Waals surface area contributed by atoms with E-state index in [9.17, 15) is 9.59 Å². The van der Waals surface area contributed by atoms with Crippen LogP contribution < -0.4 is 10.9 Å². The Hall–Kier alpha value is -2.42. The first-order valence-electron chi connectivity index (χ1n) is 8.36. The summed E-state index contributed by atoms with van der Waals surface area (Å²) in [7, 11) is 0. The highest BCUT2D eigenvalue weighted by atomic mass is 79.9. The van der Waals surface area contributed by atoms with Gasteiger partial charge < -0.3 is 5.32 Å². The van der Waals surface area contributed by atoms with Crippen LogP contribution in [0.5, 0.6) is 0 Å². The highest BCUT2D eigenvalue weighted by molar-refractivity contribution is 9.10. The van der Waals surface area contributed by atoms with Crippen LogP contribution in [0.1, 0.15) is 0 Å². The molecule has 8 heteroatoms. The van der Waals surface area contributed by atoms with Crippen molar-refractivity contribution in [3.05, 3.63) is 80.9 Å². The molecule has 5 nitrogen and oxygen atoms in total. The van der Waals surface area contributed by atoms with Crippen LogP contribution in [0.4, 0.5) is 5.69 Å². The van der Waals surface area contributed by atoms with Crippen LogP contribution in [0.25, 0.3) is 15.9 Å². The van der Waals surface area contributed by atoms with Crippen LogP contribution in [0, 0.1) is 0 Å². The minimum Gasteiger partial charge on any atom is -0.325 e. The average Bonchev–Trinajstić information content (AvgIpc) is 3.18. The summed E-state index contributed by atoms with van der Waals surface area (Å²) in [5, 5.41) is 5.20. The van der Waals surface area contributed by atoms with Gasteiger partial charge in [-0.05, 0) is 47.8 Å². The maximum Gasteiger partial charge on any atom is 0.276 e. The SMILES string of the molecule is O=C(CSc1nc2ccsc2c(=O)n1-c1ccccc1)Nc1ccc(Br)cc1. The van der Waals surface area contributed by atoms with E-state index in [2.05, 4.69) is 26.2 Å². The van der Waals surface area contributed by atoms with Gasteiger partial charge in [-0.15, -0.1) is 11.3 Å². The lowest BCUT2D eigenvalue weighted by molar-refractivity contribution is -0.113. The summed E-state index contributed by atoms with van der Waals surface area (Å²) in [4.78, 5) is 30.0. The van der Waals surface area contributed by atoms with Crippen molar-refractivity contribution >= 4 is 60.8 Å². The Morgan fingerprint density at radius 3 is 2.61 bits per heavy atom. The molecule has 0 radical (unpaired) electrons. The largest absolute Gasteiger partial charge is 0.325 e. The molecule has 0 saturated carbocycles. The molecule has 0 unspecified atom stereocenters. The molecule has 0 bridgehead atoms. The summed E-state index contributed by atoms with van der Waals surface area (Å²) < 4.78 is 3.11. The number of rotatable bonds is 5. The van der Waals surface area contributed by atoms with Crippen LogP contribution in [0.2, 0.25) is 0 Å². The highest BCUT2D eigenvalue weighted by Crippen LogP contribution is 2.24. The van der Waals surface area contributed by atoms with Crippen LogP contribution in [0.15, 0.2) is 80.5 Å². The number of thiophene rings is 1. The van der Waals surface area contributed by atoms with E-state index in [0.29, 0.717) is 15.4 Å². The van der Waals surface area contributed by atoms with Crippen molar-refractivity contribution in [2.45, 2.75) is 5.16 Å². The lowest BCUT2D eigenvalue weighted by Gasteiger charge is -2.12. The second kappa shape index (κ2) is 8.30. The van der Waals surface area contributed by atoms with Gasteiger partial charge in [-0.1, -0.05) is 45.9 Å². The molecule has 2 aromatic carbocycles. The summed E-state index contributed by atoms with van der Waals surface area (Å²) in [5.41, 5.74) is 1.97.